The van der Waals surface area contributed by atoms with E-state index in [2.05, 4.69) is 38.0 Å². The van der Waals surface area contributed by atoms with Gasteiger partial charge in [0.05, 0.1) is 22.9 Å². The highest BCUT2D eigenvalue weighted by atomic mass is 32.1. The Morgan fingerprint density at radius 2 is 2.04 bits per heavy atom. The predicted molar refractivity (Wildman–Crippen MR) is 105 cm³/mol. The minimum atomic E-state index is 0.170. The molecule has 1 aliphatic heterocycles. The van der Waals surface area contributed by atoms with Crippen LogP contribution in [0, 0.1) is 12.3 Å². The summed E-state index contributed by atoms with van der Waals surface area (Å²) in [5, 5.41) is 4.44. The van der Waals surface area contributed by atoms with Crippen molar-refractivity contribution in [3.63, 3.8) is 0 Å². The lowest BCUT2D eigenvalue weighted by molar-refractivity contribution is -0.0292. The first-order valence-electron chi connectivity index (χ1n) is 9.76. The minimum Gasteiger partial charge on any atom is -0.374 e. The standard InChI is InChI=1S/C20H35N3OS/c1-15-22-17(12-23(5)11-10-21-4)18(25-15)16-6-8-20(9-7-16)13-19(2,3)14-24-20/h16,21H,6-14H2,1-5H3/t16-,20-. The molecule has 0 aromatic carbocycles. The largest absolute Gasteiger partial charge is 0.374 e. The van der Waals surface area contributed by atoms with E-state index in [0.29, 0.717) is 11.3 Å². The molecule has 0 atom stereocenters. The fourth-order valence-corrected chi connectivity index (χ4v) is 5.71. The van der Waals surface area contributed by atoms with Crippen molar-refractivity contribution in [2.75, 3.05) is 33.8 Å². The lowest BCUT2D eigenvalue weighted by Gasteiger charge is -2.37. The van der Waals surface area contributed by atoms with Crippen LogP contribution in [0.2, 0.25) is 0 Å². The van der Waals surface area contributed by atoms with Crippen molar-refractivity contribution in [3.8, 4) is 0 Å². The molecule has 1 aromatic heterocycles. The molecule has 0 unspecified atom stereocenters. The Bertz CT molecular complexity index is 575. The van der Waals surface area contributed by atoms with Crippen LogP contribution in [0.25, 0.3) is 0 Å². The molecule has 2 aliphatic rings. The zero-order valence-electron chi connectivity index (χ0n) is 16.7. The van der Waals surface area contributed by atoms with E-state index in [-0.39, 0.29) is 5.60 Å². The summed E-state index contributed by atoms with van der Waals surface area (Å²) >= 11 is 1.92. The van der Waals surface area contributed by atoms with E-state index >= 15 is 0 Å². The number of likely N-dealkylation sites (N-methyl/N-ethyl adjacent to an activating group) is 2. The third-order valence-corrected chi connectivity index (χ3v) is 7.01. The van der Waals surface area contributed by atoms with Crippen molar-refractivity contribution in [1.29, 1.82) is 0 Å². The van der Waals surface area contributed by atoms with Gasteiger partial charge in [0.2, 0.25) is 0 Å². The summed E-state index contributed by atoms with van der Waals surface area (Å²) in [6.45, 7) is 10.8. The van der Waals surface area contributed by atoms with E-state index < -0.39 is 0 Å². The Morgan fingerprint density at radius 1 is 1.32 bits per heavy atom. The van der Waals surface area contributed by atoms with Gasteiger partial charge >= 0.3 is 0 Å². The van der Waals surface area contributed by atoms with E-state index in [0.717, 1.165) is 26.2 Å². The summed E-state index contributed by atoms with van der Waals surface area (Å²) in [5.41, 5.74) is 1.84. The highest BCUT2D eigenvalue weighted by molar-refractivity contribution is 7.11. The highest BCUT2D eigenvalue weighted by Gasteiger charge is 2.46. The number of nitrogens with zero attached hydrogens (tertiary/aromatic N) is 2. The molecule has 1 saturated carbocycles. The van der Waals surface area contributed by atoms with Crippen LogP contribution >= 0.6 is 11.3 Å². The normalized spacial score (nSPS) is 29.0. The summed E-state index contributed by atoms with van der Waals surface area (Å²) in [5.74, 6) is 0.678. The molecule has 2 fully saturated rings. The van der Waals surface area contributed by atoms with Gasteiger partial charge in [0.1, 0.15) is 0 Å². The van der Waals surface area contributed by atoms with Crippen molar-refractivity contribution in [1.82, 2.24) is 15.2 Å². The number of hydrogen-bond donors (Lipinski definition) is 1. The van der Waals surface area contributed by atoms with Crippen molar-refractivity contribution in [2.45, 2.75) is 70.9 Å². The molecule has 1 N–H and O–H groups in total. The summed E-state index contributed by atoms with van der Waals surface area (Å²) in [4.78, 5) is 8.79. The van der Waals surface area contributed by atoms with Gasteiger partial charge in [0.15, 0.2) is 0 Å². The number of ether oxygens (including phenoxy) is 1. The monoisotopic (exact) mass is 365 g/mol. The summed E-state index contributed by atoms with van der Waals surface area (Å²) < 4.78 is 6.30. The quantitative estimate of drug-likeness (QED) is 0.828. The molecule has 0 radical (unpaired) electrons. The Balaban J connectivity index is 1.63. The first kappa shape index (κ1) is 19.3. The summed E-state index contributed by atoms with van der Waals surface area (Å²) in [6, 6.07) is 0. The van der Waals surface area contributed by atoms with Gasteiger partial charge in [-0.25, -0.2) is 4.98 Å². The molecule has 3 rings (SSSR count). The summed E-state index contributed by atoms with van der Waals surface area (Å²) in [6.07, 6.45) is 6.17. The van der Waals surface area contributed by atoms with Crippen LogP contribution < -0.4 is 5.32 Å². The number of aryl methyl sites for hydroxylation is 1. The Labute approximate surface area is 157 Å². The second-order valence-electron chi connectivity index (χ2n) is 8.97. The average Bonchev–Trinajstić information content (AvgIpc) is 3.06. The van der Waals surface area contributed by atoms with E-state index in [4.69, 9.17) is 9.72 Å². The zero-order chi connectivity index (χ0) is 18.1. The lowest BCUT2D eigenvalue weighted by Crippen LogP contribution is -2.33. The maximum atomic E-state index is 6.30. The first-order valence-corrected chi connectivity index (χ1v) is 10.6. The number of thiazole rings is 1. The molecule has 0 bridgehead atoms. The molecule has 1 spiro atoms. The molecule has 142 valence electrons. The molecule has 1 saturated heterocycles. The third kappa shape index (κ3) is 4.62. The van der Waals surface area contributed by atoms with Crippen LogP contribution in [-0.2, 0) is 11.3 Å². The molecule has 1 aromatic rings. The number of nitrogens with one attached hydrogen (secondary N) is 1. The zero-order valence-corrected chi connectivity index (χ0v) is 17.5. The van der Waals surface area contributed by atoms with Gasteiger partial charge in [-0.05, 0) is 64.5 Å². The van der Waals surface area contributed by atoms with E-state index in [1.165, 1.54) is 42.8 Å². The van der Waals surface area contributed by atoms with Gasteiger partial charge in [-0.3, -0.25) is 4.90 Å². The molecular weight excluding hydrogens is 330 g/mol. The third-order valence-electron chi connectivity index (χ3n) is 5.84. The topological polar surface area (TPSA) is 37.4 Å². The number of rotatable bonds is 6. The van der Waals surface area contributed by atoms with Gasteiger partial charge in [-0.2, -0.15) is 0 Å². The van der Waals surface area contributed by atoms with Crippen LogP contribution in [0.4, 0.5) is 0 Å². The van der Waals surface area contributed by atoms with E-state index in [9.17, 15) is 0 Å². The van der Waals surface area contributed by atoms with Gasteiger partial charge in [0, 0.05) is 24.5 Å². The van der Waals surface area contributed by atoms with Crippen LogP contribution in [0.5, 0.6) is 0 Å². The fraction of sp³-hybridized carbons (Fsp3) is 0.850. The van der Waals surface area contributed by atoms with Gasteiger partial charge in [-0.1, -0.05) is 13.8 Å². The molecular formula is C20H35N3OS. The molecule has 2 heterocycles. The minimum absolute atomic E-state index is 0.170. The molecule has 5 heteroatoms. The maximum absolute atomic E-state index is 6.30. The van der Waals surface area contributed by atoms with E-state index in [1.54, 1.807) is 4.88 Å². The predicted octanol–water partition coefficient (Wildman–Crippen LogP) is 3.95. The van der Waals surface area contributed by atoms with Crippen LogP contribution in [0.1, 0.15) is 67.4 Å². The van der Waals surface area contributed by atoms with Gasteiger partial charge in [0.25, 0.3) is 0 Å². The highest BCUT2D eigenvalue weighted by Crippen LogP contribution is 2.50. The average molecular weight is 366 g/mol. The summed E-state index contributed by atoms with van der Waals surface area (Å²) in [7, 11) is 4.20. The lowest BCUT2D eigenvalue weighted by atomic mass is 9.73. The fourth-order valence-electron chi connectivity index (χ4n) is 4.61. The Morgan fingerprint density at radius 3 is 2.64 bits per heavy atom. The van der Waals surface area contributed by atoms with E-state index in [1.807, 2.05) is 18.4 Å². The van der Waals surface area contributed by atoms with Crippen LogP contribution in [0.15, 0.2) is 0 Å². The maximum Gasteiger partial charge on any atom is 0.0900 e. The second kappa shape index (κ2) is 7.63. The van der Waals surface area contributed by atoms with Crippen molar-refractivity contribution in [2.24, 2.45) is 5.41 Å². The smallest absolute Gasteiger partial charge is 0.0900 e. The second-order valence-corrected chi connectivity index (χ2v) is 10.2. The van der Waals surface area contributed by atoms with Crippen LogP contribution in [-0.4, -0.2) is 49.3 Å². The van der Waals surface area contributed by atoms with Crippen molar-refractivity contribution in [3.05, 3.63) is 15.6 Å². The van der Waals surface area contributed by atoms with Gasteiger partial charge < -0.3 is 10.1 Å². The first-order chi connectivity index (χ1) is 11.8. The van der Waals surface area contributed by atoms with Crippen molar-refractivity contribution >= 4 is 11.3 Å². The Hall–Kier alpha value is -0.490. The Kier molecular flexibility index (Phi) is 5.88. The number of aromatic nitrogens is 1. The molecule has 0 amide bonds. The molecule has 25 heavy (non-hydrogen) atoms. The van der Waals surface area contributed by atoms with Crippen LogP contribution in [0.3, 0.4) is 0 Å². The SMILES string of the molecule is CNCCN(C)Cc1nc(C)sc1[C@H]1CC[C@]2(CC1)CC(C)(C)CO2. The van der Waals surface area contributed by atoms with Crippen molar-refractivity contribution < 1.29 is 4.74 Å². The van der Waals surface area contributed by atoms with Gasteiger partial charge in [-0.15, -0.1) is 11.3 Å². The molecule has 1 aliphatic carbocycles. The number of hydrogen-bond acceptors (Lipinski definition) is 5. The molecule has 4 nitrogen and oxygen atoms in total.